The zero-order valence-electron chi connectivity index (χ0n) is 10.6. The van der Waals surface area contributed by atoms with E-state index in [9.17, 15) is 9.90 Å². The number of nitrogens with zero attached hydrogens (tertiary/aromatic N) is 1. The van der Waals surface area contributed by atoms with Crippen LogP contribution in [0, 0.1) is 0 Å². The van der Waals surface area contributed by atoms with E-state index in [1.165, 1.54) is 0 Å². The second-order valence-electron chi connectivity index (χ2n) is 4.58. The summed E-state index contributed by atoms with van der Waals surface area (Å²) < 4.78 is 3.11. The van der Waals surface area contributed by atoms with E-state index >= 15 is 0 Å². The minimum atomic E-state index is -0.894. The highest BCUT2D eigenvalue weighted by Crippen LogP contribution is 2.23. The molecule has 0 bridgehead atoms. The fourth-order valence-corrected chi connectivity index (χ4v) is 2.77. The van der Waals surface area contributed by atoms with Crippen LogP contribution in [0.5, 0.6) is 0 Å². The molecular formula is C16H12BrNO2. The number of halogens is 1. The van der Waals surface area contributed by atoms with Crippen molar-refractivity contribution in [1.82, 2.24) is 4.57 Å². The summed E-state index contributed by atoms with van der Waals surface area (Å²) in [5.41, 5.74) is 2.43. The SMILES string of the molecule is O=C(O)c1cccc2c1ccn2Cc1ccccc1Br. The molecule has 1 aromatic heterocycles. The lowest BCUT2D eigenvalue weighted by atomic mass is 10.1. The first-order valence-corrected chi connectivity index (χ1v) is 7.00. The zero-order valence-corrected chi connectivity index (χ0v) is 12.2. The van der Waals surface area contributed by atoms with Crippen molar-refractivity contribution in [1.29, 1.82) is 0 Å². The van der Waals surface area contributed by atoms with Crippen molar-refractivity contribution < 1.29 is 9.90 Å². The van der Waals surface area contributed by atoms with Gasteiger partial charge in [0, 0.05) is 28.1 Å². The second-order valence-corrected chi connectivity index (χ2v) is 5.43. The van der Waals surface area contributed by atoms with Crippen molar-refractivity contribution in [3.05, 3.63) is 70.3 Å². The molecule has 0 fully saturated rings. The summed E-state index contributed by atoms with van der Waals surface area (Å²) in [6.45, 7) is 0.702. The molecule has 20 heavy (non-hydrogen) atoms. The Hall–Kier alpha value is -2.07. The van der Waals surface area contributed by atoms with Crippen LogP contribution in [-0.4, -0.2) is 15.6 Å². The Labute approximate surface area is 124 Å². The van der Waals surface area contributed by atoms with Gasteiger partial charge in [-0.3, -0.25) is 0 Å². The molecule has 0 aliphatic carbocycles. The van der Waals surface area contributed by atoms with Crippen molar-refractivity contribution >= 4 is 32.8 Å². The molecule has 3 rings (SSSR count). The maximum atomic E-state index is 11.2. The van der Waals surface area contributed by atoms with E-state index < -0.39 is 5.97 Å². The van der Waals surface area contributed by atoms with Crippen LogP contribution in [0.25, 0.3) is 10.9 Å². The molecule has 0 radical (unpaired) electrons. The van der Waals surface area contributed by atoms with Crippen molar-refractivity contribution in [2.24, 2.45) is 0 Å². The van der Waals surface area contributed by atoms with Gasteiger partial charge < -0.3 is 9.67 Å². The number of hydrogen-bond acceptors (Lipinski definition) is 1. The average molecular weight is 330 g/mol. The van der Waals surface area contributed by atoms with Gasteiger partial charge in [-0.2, -0.15) is 0 Å². The standard InChI is InChI=1S/C16H12BrNO2/c17-14-6-2-1-4-11(14)10-18-9-8-12-13(16(19)20)5-3-7-15(12)18/h1-9H,10H2,(H,19,20). The van der Waals surface area contributed by atoms with Gasteiger partial charge >= 0.3 is 5.97 Å². The highest BCUT2D eigenvalue weighted by Gasteiger charge is 2.11. The molecule has 1 N–H and O–H groups in total. The largest absolute Gasteiger partial charge is 0.478 e. The van der Waals surface area contributed by atoms with E-state index in [2.05, 4.69) is 26.6 Å². The zero-order chi connectivity index (χ0) is 14.1. The Morgan fingerprint density at radius 2 is 1.90 bits per heavy atom. The van der Waals surface area contributed by atoms with E-state index in [4.69, 9.17) is 0 Å². The molecule has 0 atom stereocenters. The Morgan fingerprint density at radius 3 is 2.65 bits per heavy atom. The maximum Gasteiger partial charge on any atom is 0.336 e. The number of aromatic carboxylic acids is 1. The van der Waals surface area contributed by atoms with E-state index in [-0.39, 0.29) is 0 Å². The lowest BCUT2D eigenvalue weighted by Crippen LogP contribution is -2.00. The molecule has 0 spiro atoms. The molecular weight excluding hydrogens is 318 g/mol. The minimum absolute atomic E-state index is 0.341. The van der Waals surface area contributed by atoms with Gasteiger partial charge in [-0.25, -0.2) is 4.79 Å². The summed E-state index contributed by atoms with van der Waals surface area (Å²) in [6.07, 6.45) is 1.93. The number of carboxylic acid groups (broad SMARTS) is 1. The van der Waals surface area contributed by atoms with Crippen LogP contribution < -0.4 is 0 Å². The first kappa shape index (κ1) is 12.9. The summed E-state index contributed by atoms with van der Waals surface area (Å²) >= 11 is 3.54. The number of carboxylic acids is 1. The number of hydrogen-bond donors (Lipinski definition) is 1. The van der Waals surface area contributed by atoms with Gasteiger partial charge in [-0.05, 0) is 29.8 Å². The molecule has 3 aromatic rings. The Morgan fingerprint density at radius 1 is 1.10 bits per heavy atom. The summed E-state index contributed by atoms with van der Waals surface area (Å²) in [6, 6.07) is 15.2. The van der Waals surface area contributed by atoms with Gasteiger partial charge in [0.15, 0.2) is 0 Å². The van der Waals surface area contributed by atoms with E-state index in [0.717, 1.165) is 20.9 Å². The molecule has 4 heteroatoms. The van der Waals surface area contributed by atoms with Crippen molar-refractivity contribution in [2.45, 2.75) is 6.54 Å². The van der Waals surface area contributed by atoms with Gasteiger partial charge in [0.25, 0.3) is 0 Å². The normalized spacial score (nSPS) is 10.8. The summed E-state index contributed by atoms with van der Waals surface area (Å²) in [5, 5.41) is 9.98. The van der Waals surface area contributed by atoms with Crippen LogP contribution >= 0.6 is 15.9 Å². The predicted octanol–water partition coefficient (Wildman–Crippen LogP) is 4.15. The van der Waals surface area contributed by atoms with Crippen LogP contribution in [0.15, 0.2) is 59.2 Å². The molecule has 0 saturated carbocycles. The fourth-order valence-electron chi connectivity index (χ4n) is 2.36. The number of fused-ring (bicyclic) bond motifs is 1. The lowest BCUT2D eigenvalue weighted by molar-refractivity contribution is 0.0699. The molecule has 0 saturated heterocycles. The van der Waals surface area contributed by atoms with E-state index in [1.807, 2.05) is 36.5 Å². The molecule has 3 nitrogen and oxygen atoms in total. The third-order valence-electron chi connectivity index (χ3n) is 3.34. The van der Waals surface area contributed by atoms with Gasteiger partial charge in [-0.15, -0.1) is 0 Å². The van der Waals surface area contributed by atoms with E-state index in [1.54, 1.807) is 12.1 Å². The molecule has 0 aliphatic rings. The first-order valence-electron chi connectivity index (χ1n) is 6.21. The number of benzene rings is 2. The van der Waals surface area contributed by atoms with Crippen LogP contribution in [0.1, 0.15) is 15.9 Å². The van der Waals surface area contributed by atoms with Crippen LogP contribution in [0.4, 0.5) is 0 Å². The van der Waals surface area contributed by atoms with Gasteiger partial charge in [-0.1, -0.05) is 40.2 Å². The number of aromatic nitrogens is 1. The smallest absolute Gasteiger partial charge is 0.336 e. The third kappa shape index (κ3) is 2.23. The molecule has 2 aromatic carbocycles. The third-order valence-corrected chi connectivity index (χ3v) is 4.12. The maximum absolute atomic E-state index is 11.2. The highest BCUT2D eigenvalue weighted by molar-refractivity contribution is 9.10. The Balaban J connectivity index is 2.08. The van der Waals surface area contributed by atoms with Gasteiger partial charge in [0.1, 0.15) is 0 Å². The average Bonchev–Trinajstić information content (AvgIpc) is 2.84. The Bertz CT molecular complexity index is 792. The van der Waals surface area contributed by atoms with Crippen LogP contribution in [0.2, 0.25) is 0 Å². The second kappa shape index (κ2) is 5.13. The van der Waals surface area contributed by atoms with Crippen LogP contribution in [0.3, 0.4) is 0 Å². The van der Waals surface area contributed by atoms with Crippen LogP contribution in [-0.2, 0) is 6.54 Å². The molecule has 0 amide bonds. The molecule has 0 aliphatic heterocycles. The van der Waals surface area contributed by atoms with E-state index in [0.29, 0.717) is 12.1 Å². The summed E-state index contributed by atoms with van der Waals surface area (Å²) in [7, 11) is 0. The van der Waals surface area contributed by atoms with Crippen molar-refractivity contribution in [3.8, 4) is 0 Å². The quantitative estimate of drug-likeness (QED) is 0.784. The predicted molar refractivity (Wildman–Crippen MR) is 82.1 cm³/mol. The first-order chi connectivity index (χ1) is 9.66. The topological polar surface area (TPSA) is 42.2 Å². The van der Waals surface area contributed by atoms with Gasteiger partial charge in [0.05, 0.1) is 5.56 Å². The summed E-state index contributed by atoms with van der Waals surface area (Å²) in [4.78, 5) is 11.2. The number of carbonyl (C=O) groups is 1. The molecule has 100 valence electrons. The van der Waals surface area contributed by atoms with Crippen molar-refractivity contribution in [2.75, 3.05) is 0 Å². The van der Waals surface area contributed by atoms with Crippen molar-refractivity contribution in [3.63, 3.8) is 0 Å². The van der Waals surface area contributed by atoms with Gasteiger partial charge in [0.2, 0.25) is 0 Å². The fraction of sp³-hybridized carbons (Fsp3) is 0.0625. The molecule has 0 unspecified atom stereocenters. The Kier molecular flexibility index (Phi) is 3.32. The molecule has 1 heterocycles. The number of rotatable bonds is 3. The minimum Gasteiger partial charge on any atom is -0.478 e. The lowest BCUT2D eigenvalue weighted by Gasteiger charge is -2.08. The monoisotopic (exact) mass is 329 g/mol. The summed E-state index contributed by atoms with van der Waals surface area (Å²) in [5.74, 6) is -0.894. The highest BCUT2D eigenvalue weighted by atomic mass is 79.9.